The Morgan fingerprint density at radius 2 is 2.33 bits per heavy atom. The van der Waals surface area contributed by atoms with Gasteiger partial charge in [0.25, 0.3) is 0 Å². The first kappa shape index (κ1) is 10.9. The predicted octanol–water partition coefficient (Wildman–Crippen LogP) is 4.17. The lowest BCUT2D eigenvalue weighted by Crippen LogP contribution is -1.98. The van der Waals surface area contributed by atoms with Crippen LogP contribution in [0.5, 0.6) is 0 Å². The predicted molar refractivity (Wildman–Crippen MR) is 68.6 cm³/mol. The van der Waals surface area contributed by atoms with Crippen molar-refractivity contribution in [2.24, 2.45) is 0 Å². The van der Waals surface area contributed by atoms with Crippen molar-refractivity contribution in [3.05, 3.63) is 44.3 Å². The number of benzene rings is 1. The Kier molecular flexibility index (Phi) is 3.61. The molecule has 5 heteroatoms. The van der Waals surface area contributed by atoms with Crippen LogP contribution in [0.25, 0.3) is 0 Å². The molecule has 0 saturated heterocycles. The molecule has 2 rings (SSSR count). The summed E-state index contributed by atoms with van der Waals surface area (Å²) >= 11 is 11.0. The van der Waals surface area contributed by atoms with Gasteiger partial charge in [0, 0.05) is 21.7 Å². The molecule has 0 aliphatic rings. The van der Waals surface area contributed by atoms with Gasteiger partial charge in [-0.3, -0.25) is 0 Å². The molecule has 2 aromatic rings. The molecule has 1 heterocycles. The third-order valence-corrected chi connectivity index (χ3v) is 3.86. The molecule has 78 valence electrons. The maximum absolute atomic E-state index is 5.97. The molecule has 0 unspecified atom stereocenters. The van der Waals surface area contributed by atoms with Crippen LogP contribution in [-0.2, 0) is 6.54 Å². The van der Waals surface area contributed by atoms with Crippen LogP contribution in [0.4, 0.5) is 5.69 Å². The van der Waals surface area contributed by atoms with E-state index in [0.29, 0.717) is 5.02 Å². The normalized spacial score (nSPS) is 10.3. The van der Waals surface area contributed by atoms with Crippen molar-refractivity contribution >= 4 is 44.6 Å². The second-order valence-corrected chi connectivity index (χ2v) is 5.15. The van der Waals surface area contributed by atoms with Crippen molar-refractivity contribution in [2.75, 3.05) is 5.32 Å². The van der Waals surface area contributed by atoms with E-state index in [4.69, 9.17) is 11.6 Å². The molecule has 0 aliphatic carbocycles. The molecule has 1 aromatic carbocycles. The fourth-order valence-electron chi connectivity index (χ4n) is 1.12. The van der Waals surface area contributed by atoms with E-state index in [0.717, 1.165) is 21.7 Å². The van der Waals surface area contributed by atoms with Crippen molar-refractivity contribution in [3.8, 4) is 0 Å². The molecule has 1 aromatic heterocycles. The number of thiazole rings is 1. The first-order valence-electron chi connectivity index (χ1n) is 4.33. The van der Waals surface area contributed by atoms with Gasteiger partial charge in [0.1, 0.15) is 5.01 Å². The summed E-state index contributed by atoms with van der Waals surface area (Å²) in [5, 5.41) is 6.99. The largest absolute Gasteiger partial charge is 0.378 e. The quantitative estimate of drug-likeness (QED) is 0.920. The van der Waals surface area contributed by atoms with Crippen molar-refractivity contribution in [1.29, 1.82) is 0 Å². The van der Waals surface area contributed by atoms with Gasteiger partial charge in [0.15, 0.2) is 0 Å². The highest BCUT2D eigenvalue weighted by Gasteiger charge is 1.99. The van der Waals surface area contributed by atoms with E-state index in [1.807, 2.05) is 23.6 Å². The molecule has 0 radical (unpaired) electrons. The van der Waals surface area contributed by atoms with Crippen LogP contribution in [0.2, 0.25) is 5.02 Å². The minimum absolute atomic E-state index is 0.708. The van der Waals surface area contributed by atoms with Crippen LogP contribution >= 0.6 is 38.9 Å². The number of nitrogens with one attached hydrogen (secondary N) is 1. The van der Waals surface area contributed by atoms with Gasteiger partial charge in [-0.2, -0.15) is 0 Å². The van der Waals surface area contributed by atoms with Crippen molar-refractivity contribution in [2.45, 2.75) is 6.54 Å². The lowest BCUT2D eigenvalue weighted by Gasteiger charge is -2.05. The number of anilines is 1. The summed E-state index contributed by atoms with van der Waals surface area (Å²) in [7, 11) is 0. The van der Waals surface area contributed by atoms with Gasteiger partial charge >= 0.3 is 0 Å². The third kappa shape index (κ3) is 2.93. The monoisotopic (exact) mass is 302 g/mol. The van der Waals surface area contributed by atoms with Crippen molar-refractivity contribution < 1.29 is 0 Å². The summed E-state index contributed by atoms with van der Waals surface area (Å²) in [4.78, 5) is 4.19. The number of aromatic nitrogens is 1. The summed E-state index contributed by atoms with van der Waals surface area (Å²) < 4.78 is 0.906. The first-order chi connectivity index (χ1) is 7.25. The molecular weight excluding hydrogens is 296 g/mol. The zero-order valence-electron chi connectivity index (χ0n) is 7.71. The molecule has 15 heavy (non-hydrogen) atoms. The number of halogens is 2. The zero-order chi connectivity index (χ0) is 10.7. The Balaban J connectivity index is 2.02. The number of nitrogens with zero attached hydrogens (tertiary/aromatic N) is 1. The Hall–Kier alpha value is -0.580. The highest BCUT2D eigenvalue weighted by atomic mass is 79.9. The van der Waals surface area contributed by atoms with Crippen molar-refractivity contribution in [3.63, 3.8) is 0 Å². The minimum Gasteiger partial charge on any atom is -0.378 e. The molecule has 0 fully saturated rings. The second-order valence-electron chi connectivity index (χ2n) is 2.91. The number of hydrogen-bond donors (Lipinski definition) is 1. The lowest BCUT2D eigenvalue weighted by atomic mass is 10.3. The molecule has 0 saturated carbocycles. The van der Waals surface area contributed by atoms with Gasteiger partial charge in [-0.05, 0) is 34.1 Å². The second kappa shape index (κ2) is 4.96. The summed E-state index contributed by atoms with van der Waals surface area (Å²) in [6.07, 6.45) is 1.80. The van der Waals surface area contributed by atoms with E-state index in [1.165, 1.54) is 0 Å². The van der Waals surface area contributed by atoms with E-state index in [9.17, 15) is 0 Å². The highest BCUT2D eigenvalue weighted by molar-refractivity contribution is 9.10. The minimum atomic E-state index is 0.708. The van der Waals surface area contributed by atoms with Gasteiger partial charge in [0.2, 0.25) is 0 Å². The van der Waals surface area contributed by atoms with Gasteiger partial charge in [0.05, 0.1) is 11.6 Å². The molecule has 2 nitrogen and oxygen atoms in total. The van der Waals surface area contributed by atoms with Gasteiger partial charge < -0.3 is 5.32 Å². The van der Waals surface area contributed by atoms with E-state index in [-0.39, 0.29) is 0 Å². The summed E-state index contributed by atoms with van der Waals surface area (Å²) in [6.45, 7) is 0.732. The van der Waals surface area contributed by atoms with Gasteiger partial charge in [-0.25, -0.2) is 4.98 Å². The van der Waals surface area contributed by atoms with Crippen LogP contribution in [0.15, 0.2) is 34.2 Å². The topological polar surface area (TPSA) is 24.9 Å². The molecule has 0 aliphatic heterocycles. The lowest BCUT2D eigenvalue weighted by molar-refractivity contribution is 1.10. The SMILES string of the molecule is Clc1cc(NCc2nccs2)ccc1Br. The standard InChI is InChI=1S/C10H8BrClN2S/c11-8-2-1-7(5-9(8)12)14-6-10-13-3-4-15-10/h1-5,14H,6H2. The molecule has 0 bridgehead atoms. The average Bonchev–Trinajstić information content (AvgIpc) is 2.73. The molecular formula is C10H8BrClN2S. The average molecular weight is 304 g/mol. The smallest absolute Gasteiger partial charge is 0.112 e. The fourth-order valence-corrected chi connectivity index (χ4v) is 2.11. The van der Waals surface area contributed by atoms with E-state index < -0.39 is 0 Å². The Labute approximate surface area is 105 Å². The first-order valence-corrected chi connectivity index (χ1v) is 6.38. The summed E-state index contributed by atoms with van der Waals surface area (Å²) in [5.41, 5.74) is 0.999. The number of rotatable bonds is 3. The summed E-state index contributed by atoms with van der Waals surface area (Å²) in [5.74, 6) is 0. The molecule has 0 spiro atoms. The van der Waals surface area contributed by atoms with Gasteiger partial charge in [-0.15, -0.1) is 11.3 Å². The Morgan fingerprint density at radius 3 is 3.00 bits per heavy atom. The van der Waals surface area contributed by atoms with Crippen molar-refractivity contribution in [1.82, 2.24) is 4.98 Å². The maximum atomic E-state index is 5.97. The summed E-state index contributed by atoms with van der Waals surface area (Å²) in [6, 6.07) is 5.79. The fraction of sp³-hybridized carbons (Fsp3) is 0.100. The zero-order valence-corrected chi connectivity index (χ0v) is 10.9. The molecule has 1 N–H and O–H groups in total. The third-order valence-electron chi connectivity index (χ3n) is 1.85. The molecule has 0 atom stereocenters. The van der Waals surface area contributed by atoms with E-state index in [1.54, 1.807) is 17.5 Å². The Morgan fingerprint density at radius 1 is 1.47 bits per heavy atom. The van der Waals surface area contributed by atoms with Crippen LogP contribution < -0.4 is 5.32 Å². The van der Waals surface area contributed by atoms with Crippen LogP contribution in [0.1, 0.15) is 5.01 Å². The maximum Gasteiger partial charge on any atom is 0.112 e. The highest BCUT2D eigenvalue weighted by Crippen LogP contribution is 2.25. The van der Waals surface area contributed by atoms with Crippen LogP contribution in [0, 0.1) is 0 Å². The van der Waals surface area contributed by atoms with Gasteiger partial charge in [-0.1, -0.05) is 11.6 Å². The Bertz CT molecular complexity index is 445. The van der Waals surface area contributed by atoms with Crippen LogP contribution in [-0.4, -0.2) is 4.98 Å². The van der Waals surface area contributed by atoms with E-state index in [2.05, 4.69) is 26.2 Å². The van der Waals surface area contributed by atoms with Crippen LogP contribution in [0.3, 0.4) is 0 Å². The van der Waals surface area contributed by atoms with E-state index >= 15 is 0 Å². The number of hydrogen-bond acceptors (Lipinski definition) is 3. The molecule has 0 amide bonds.